The van der Waals surface area contributed by atoms with Crippen LogP contribution in [-0.4, -0.2) is 31.7 Å². The summed E-state index contributed by atoms with van der Waals surface area (Å²) in [4.78, 5) is 23.7. The van der Waals surface area contributed by atoms with Gasteiger partial charge in [0, 0.05) is 17.1 Å². The lowest BCUT2D eigenvalue weighted by Gasteiger charge is -2.07. The summed E-state index contributed by atoms with van der Waals surface area (Å²) in [5.41, 5.74) is 3.59. The Bertz CT molecular complexity index is 822. The third kappa shape index (κ3) is 6.31. The fraction of sp³-hybridized carbons (Fsp3) is 0.211. The molecule has 0 heterocycles. The molecule has 142 valence electrons. The maximum Gasteiger partial charge on any atom is 0.329 e. The number of carbonyl (C=O) groups is 2. The number of hydrogen-bond acceptors (Lipinski definition) is 5. The number of hydrazone groups is 1. The minimum absolute atomic E-state index is 0.211. The molecule has 0 aliphatic rings. The normalized spacial score (nSPS) is 10.5. The first-order valence-electron chi connectivity index (χ1n) is 8.20. The molecular formula is C19H20ClN3O4. The summed E-state index contributed by atoms with van der Waals surface area (Å²) in [5, 5.41) is 6.80. The van der Waals surface area contributed by atoms with Crippen molar-refractivity contribution in [3.8, 4) is 11.5 Å². The Morgan fingerprint density at radius 2 is 1.89 bits per heavy atom. The first kappa shape index (κ1) is 20.3. The summed E-state index contributed by atoms with van der Waals surface area (Å²) >= 11 is 5.95. The van der Waals surface area contributed by atoms with E-state index in [0.29, 0.717) is 28.7 Å². The standard InChI is InChI=1S/C19H20ClN3O4/c1-3-27-17-9-6-15(20)10-14(17)12-22-23-19(25)18(24)21-11-13-4-7-16(26-2)8-5-13/h4-10,12H,3,11H2,1-2H3,(H,21,24)(H,23,25)/b22-12-. The Labute approximate surface area is 162 Å². The minimum atomic E-state index is -0.875. The molecule has 2 aromatic rings. The van der Waals surface area contributed by atoms with Crippen molar-refractivity contribution < 1.29 is 19.1 Å². The summed E-state index contributed by atoms with van der Waals surface area (Å²) in [6, 6.07) is 12.2. The SMILES string of the molecule is CCOc1ccc(Cl)cc1/C=N\NC(=O)C(=O)NCc1ccc(OC)cc1. The maximum atomic E-state index is 11.8. The van der Waals surface area contributed by atoms with Gasteiger partial charge in [-0.2, -0.15) is 5.10 Å². The van der Waals surface area contributed by atoms with Gasteiger partial charge in [0.25, 0.3) is 0 Å². The van der Waals surface area contributed by atoms with Crippen molar-refractivity contribution in [2.75, 3.05) is 13.7 Å². The molecule has 0 bridgehead atoms. The van der Waals surface area contributed by atoms with Crippen LogP contribution < -0.4 is 20.2 Å². The van der Waals surface area contributed by atoms with Gasteiger partial charge >= 0.3 is 11.8 Å². The van der Waals surface area contributed by atoms with E-state index in [1.54, 1.807) is 49.6 Å². The smallest absolute Gasteiger partial charge is 0.329 e. The molecular weight excluding hydrogens is 370 g/mol. The highest BCUT2D eigenvalue weighted by Gasteiger charge is 2.12. The molecule has 2 amide bonds. The second kappa shape index (κ2) is 10.2. The van der Waals surface area contributed by atoms with Crippen LogP contribution in [0.1, 0.15) is 18.1 Å². The largest absolute Gasteiger partial charge is 0.497 e. The summed E-state index contributed by atoms with van der Waals surface area (Å²) < 4.78 is 10.5. The predicted octanol–water partition coefficient (Wildman–Crippen LogP) is 2.51. The van der Waals surface area contributed by atoms with Gasteiger partial charge in [-0.25, -0.2) is 5.43 Å². The molecule has 0 fully saturated rings. The molecule has 0 aliphatic heterocycles. The summed E-state index contributed by atoms with van der Waals surface area (Å²) in [5.74, 6) is -0.382. The Morgan fingerprint density at radius 1 is 1.15 bits per heavy atom. The van der Waals surface area contributed by atoms with Crippen molar-refractivity contribution in [3.05, 3.63) is 58.6 Å². The predicted molar refractivity (Wildman–Crippen MR) is 103 cm³/mol. The number of hydrogen-bond donors (Lipinski definition) is 2. The van der Waals surface area contributed by atoms with Crippen LogP contribution in [0.4, 0.5) is 0 Å². The van der Waals surface area contributed by atoms with Crippen molar-refractivity contribution in [2.45, 2.75) is 13.5 Å². The second-order valence-electron chi connectivity index (χ2n) is 5.35. The molecule has 2 N–H and O–H groups in total. The number of nitrogens with one attached hydrogen (secondary N) is 2. The van der Waals surface area contributed by atoms with Gasteiger partial charge in [-0.1, -0.05) is 23.7 Å². The summed E-state index contributed by atoms with van der Waals surface area (Å²) in [6.45, 7) is 2.54. The van der Waals surface area contributed by atoms with E-state index in [-0.39, 0.29) is 6.54 Å². The molecule has 7 nitrogen and oxygen atoms in total. The average Bonchev–Trinajstić information content (AvgIpc) is 2.68. The number of amides is 2. The van der Waals surface area contributed by atoms with Crippen LogP contribution in [0.2, 0.25) is 5.02 Å². The number of nitrogens with zero attached hydrogens (tertiary/aromatic N) is 1. The fourth-order valence-corrected chi connectivity index (χ4v) is 2.30. The van der Waals surface area contributed by atoms with Crippen molar-refractivity contribution in [1.29, 1.82) is 0 Å². The van der Waals surface area contributed by atoms with E-state index in [2.05, 4.69) is 15.8 Å². The number of halogens is 1. The molecule has 0 spiro atoms. The van der Waals surface area contributed by atoms with E-state index in [4.69, 9.17) is 21.1 Å². The molecule has 0 saturated heterocycles. The number of carbonyl (C=O) groups excluding carboxylic acids is 2. The minimum Gasteiger partial charge on any atom is -0.497 e. The lowest BCUT2D eigenvalue weighted by Crippen LogP contribution is -2.37. The topological polar surface area (TPSA) is 89.0 Å². The van der Waals surface area contributed by atoms with Crippen molar-refractivity contribution in [1.82, 2.24) is 10.7 Å². The Balaban J connectivity index is 1.88. The van der Waals surface area contributed by atoms with Crippen LogP contribution in [0.5, 0.6) is 11.5 Å². The molecule has 0 unspecified atom stereocenters. The lowest BCUT2D eigenvalue weighted by atomic mass is 10.2. The van der Waals surface area contributed by atoms with Crippen LogP contribution in [0, 0.1) is 0 Å². The summed E-state index contributed by atoms with van der Waals surface area (Å²) in [6.07, 6.45) is 1.37. The van der Waals surface area contributed by atoms with E-state index >= 15 is 0 Å². The molecule has 0 saturated carbocycles. The summed E-state index contributed by atoms with van der Waals surface area (Å²) in [7, 11) is 1.57. The van der Waals surface area contributed by atoms with E-state index in [1.807, 2.05) is 6.92 Å². The van der Waals surface area contributed by atoms with Crippen LogP contribution in [0.15, 0.2) is 47.6 Å². The van der Waals surface area contributed by atoms with E-state index < -0.39 is 11.8 Å². The second-order valence-corrected chi connectivity index (χ2v) is 5.78. The van der Waals surface area contributed by atoms with E-state index in [0.717, 1.165) is 5.56 Å². The highest BCUT2D eigenvalue weighted by atomic mass is 35.5. The third-order valence-corrected chi connectivity index (χ3v) is 3.69. The molecule has 0 atom stereocenters. The Morgan fingerprint density at radius 3 is 2.56 bits per heavy atom. The highest BCUT2D eigenvalue weighted by Crippen LogP contribution is 2.21. The number of rotatable bonds is 7. The fourth-order valence-electron chi connectivity index (χ4n) is 2.12. The van der Waals surface area contributed by atoms with Gasteiger partial charge < -0.3 is 14.8 Å². The van der Waals surface area contributed by atoms with Crippen molar-refractivity contribution in [3.63, 3.8) is 0 Å². The molecule has 2 rings (SSSR count). The molecule has 2 aromatic carbocycles. The van der Waals surface area contributed by atoms with Gasteiger partial charge in [-0.05, 0) is 42.8 Å². The Kier molecular flexibility index (Phi) is 7.63. The van der Waals surface area contributed by atoms with Crippen LogP contribution >= 0.6 is 11.6 Å². The Hall–Kier alpha value is -3.06. The monoisotopic (exact) mass is 389 g/mol. The van der Waals surface area contributed by atoms with E-state index in [9.17, 15) is 9.59 Å². The first-order valence-corrected chi connectivity index (χ1v) is 8.57. The maximum absolute atomic E-state index is 11.8. The van der Waals surface area contributed by atoms with Gasteiger partial charge in [0.2, 0.25) is 0 Å². The van der Waals surface area contributed by atoms with Gasteiger partial charge in [0.15, 0.2) is 0 Å². The van der Waals surface area contributed by atoms with Gasteiger partial charge in [-0.3, -0.25) is 9.59 Å². The zero-order chi connectivity index (χ0) is 19.6. The lowest BCUT2D eigenvalue weighted by molar-refractivity contribution is -0.139. The van der Waals surface area contributed by atoms with Gasteiger partial charge in [0.05, 0.1) is 19.9 Å². The van der Waals surface area contributed by atoms with Crippen LogP contribution in [0.25, 0.3) is 0 Å². The van der Waals surface area contributed by atoms with Crippen LogP contribution in [-0.2, 0) is 16.1 Å². The van der Waals surface area contributed by atoms with Gasteiger partial charge in [0.1, 0.15) is 11.5 Å². The molecule has 0 aromatic heterocycles. The number of ether oxygens (including phenoxy) is 2. The average molecular weight is 390 g/mol. The van der Waals surface area contributed by atoms with Crippen LogP contribution in [0.3, 0.4) is 0 Å². The van der Waals surface area contributed by atoms with Crippen molar-refractivity contribution >= 4 is 29.6 Å². The zero-order valence-electron chi connectivity index (χ0n) is 15.0. The van der Waals surface area contributed by atoms with Crippen molar-refractivity contribution in [2.24, 2.45) is 5.10 Å². The first-order chi connectivity index (χ1) is 13.0. The quantitative estimate of drug-likeness (QED) is 0.432. The third-order valence-electron chi connectivity index (χ3n) is 3.46. The van der Waals surface area contributed by atoms with Gasteiger partial charge in [-0.15, -0.1) is 0 Å². The molecule has 0 radical (unpaired) electrons. The molecule has 8 heteroatoms. The molecule has 27 heavy (non-hydrogen) atoms. The van der Waals surface area contributed by atoms with E-state index in [1.165, 1.54) is 6.21 Å². The highest BCUT2D eigenvalue weighted by molar-refractivity contribution is 6.35. The number of methoxy groups -OCH3 is 1. The number of benzene rings is 2. The molecule has 0 aliphatic carbocycles. The zero-order valence-corrected chi connectivity index (χ0v) is 15.7.